The van der Waals surface area contributed by atoms with Crippen LogP contribution in [0.3, 0.4) is 0 Å². The van der Waals surface area contributed by atoms with Gasteiger partial charge in [-0.25, -0.2) is 0 Å². The number of benzene rings is 1. The Morgan fingerprint density at radius 2 is 2.05 bits per heavy atom. The molecular formula is C16H28N2O3. The number of nitrogens with zero attached hydrogens (tertiary/aromatic N) is 1. The van der Waals surface area contributed by atoms with Gasteiger partial charge < -0.3 is 20.3 Å². The minimum Gasteiger partial charge on any atom is -0.496 e. The van der Waals surface area contributed by atoms with Gasteiger partial charge in [0.2, 0.25) is 0 Å². The standard InChI is InChI=1S/C16H28N2O3/c1-3-18(8-10-20)13-14-5-6-15(16(11-14)21-2)12-17-7-4-9-19/h5-6,11,17,19-20H,3-4,7-10,12-13H2,1-2H3. The molecule has 0 bridgehead atoms. The highest BCUT2D eigenvalue weighted by molar-refractivity contribution is 5.37. The third kappa shape index (κ3) is 6.44. The van der Waals surface area contributed by atoms with Crippen LogP contribution in [0.15, 0.2) is 18.2 Å². The van der Waals surface area contributed by atoms with Gasteiger partial charge in [0.15, 0.2) is 0 Å². The van der Waals surface area contributed by atoms with Gasteiger partial charge in [0.1, 0.15) is 5.75 Å². The molecular weight excluding hydrogens is 268 g/mol. The van der Waals surface area contributed by atoms with Gasteiger partial charge in [0, 0.05) is 31.8 Å². The first kappa shape index (κ1) is 17.9. The number of aliphatic hydroxyl groups excluding tert-OH is 2. The number of hydrogen-bond acceptors (Lipinski definition) is 5. The van der Waals surface area contributed by atoms with Crippen LogP contribution in [0.5, 0.6) is 5.75 Å². The zero-order valence-electron chi connectivity index (χ0n) is 13.1. The molecule has 5 nitrogen and oxygen atoms in total. The van der Waals surface area contributed by atoms with Crippen LogP contribution in [-0.4, -0.2) is 55.1 Å². The Morgan fingerprint density at radius 3 is 2.67 bits per heavy atom. The molecule has 5 heteroatoms. The van der Waals surface area contributed by atoms with Crippen LogP contribution in [0.2, 0.25) is 0 Å². The van der Waals surface area contributed by atoms with E-state index in [1.807, 2.05) is 0 Å². The van der Waals surface area contributed by atoms with Gasteiger partial charge in [-0.15, -0.1) is 0 Å². The quantitative estimate of drug-likeness (QED) is 0.531. The number of methoxy groups -OCH3 is 1. The van der Waals surface area contributed by atoms with E-state index in [1.165, 1.54) is 5.56 Å². The second-order valence-electron chi connectivity index (χ2n) is 4.99. The summed E-state index contributed by atoms with van der Waals surface area (Å²) in [6, 6.07) is 6.24. The zero-order valence-corrected chi connectivity index (χ0v) is 13.1. The Labute approximate surface area is 127 Å². The molecule has 0 aliphatic carbocycles. The SMILES string of the molecule is CCN(CCO)Cc1ccc(CNCCCO)c(OC)c1. The number of aliphatic hydroxyl groups is 2. The van der Waals surface area contributed by atoms with E-state index >= 15 is 0 Å². The molecule has 120 valence electrons. The van der Waals surface area contributed by atoms with Crippen molar-refractivity contribution in [2.75, 3.05) is 40.0 Å². The minimum atomic E-state index is 0.178. The lowest BCUT2D eigenvalue weighted by Crippen LogP contribution is -2.26. The van der Waals surface area contributed by atoms with Crippen LogP contribution in [-0.2, 0) is 13.1 Å². The Kier molecular flexibility index (Phi) is 9.01. The molecule has 1 aromatic carbocycles. The molecule has 0 amide bonds. The maximum atomic E-state index is 9.04. The Morgan fingerprint density at radius 1 is 1.24 bits per heavy atom. The second-order valence-corrected chi connectivity index (χ2v) is 4.99. The van der Waals surface area contributed by atoms with E-state index in [1.54, 1.807) is 7.11 Å². The first-order valence-corrected chi connectivity index (χ1v) is 7.55. The normalized spacial score (nSPS) is 11.1. The maximum Gasteiger partial charge on any atom is 0.123 e. The fourth-order valence-corrected chi connectivity index (χ4v) is 2.21. The van der Waals surface area contributed by atoms with Crippen LogP contribution < -0.4 is 10.1 Å². The van der Waals surface area contributed by atoms with E-state index in [2.05, 4.69) is 35.3 Å². The topological polar surface area (TPSA) is 65.0 Å². The smallest absolute Gasteiger partial charge is 0.123 e. The lowest BCUT2D eigenvalue weighted by atomic mass is 10.1. The van der Waals surface area contributed by atoms with Crippen molar-refractivity contribution in [2.24, 2.45) is 0 Å². The van der Waals surface area contributed by atoms with Crippen LogP contribution in [0.1, 0.15) is 24.5 Å². The predicted octanol–water partition coefficient (Wildman–Crippen LogP) is 0.981. The second kappa shape index (κ2) is 10.6. The molecule has 0 aromatic heterocycles. The number of rotatable bonds is 11. The van der Waals surface area contributed by atoms with Crippen molar-refractivity contribution in [2.45, 2.75) is 26.4 Å². The lowest BCUT2D eigenvalue weighted by Gasteiger charge is -2.20. The lowest BCUT2D eigenvalue weighted by molar-refractivity contribution is 0.196. The van der Waals surface area contributed by atoms with Gasteiger partial charge in [-0.2, -0.15) is 0 Å². The molecule has 0 unspecified atom stereocenters. The molecule has 0 fully saturated rings. The molecule has 3 N–H and O–H groups in total. The van der Waals surface area contributed by atoms with Crippen molar-refractivity contribution in [3.63, 3.8) is 0 Å². The fourth-order valence-electron chi connectivity index (χ4n) is 2.21. The minimum absolute atomic E-state index is 0.178. The summed E-state index contributed by atoms with van der Waals surface area (Å²) in [7, 11) is 1.68. The molecule has 0 radical (unpaired) electrons. The highest BCUT2D eigenvalue weighted by Gasteiger charge is 2.07. The molecule has 0 atom stereocenters. The molecule has 0 saturated carbocycles. The third-order valence-electron chi connectivity index (χ3n) is 3.45. The summed E-state index contributed by atoms with van der Waals surface area (Å²) in [6.07, 6.45) is 0.757. The predicted molar refractivity (Wildman–Crippen MR) is 84.4 cm³/mol. The number of nitrogens with one attached hydrogen (secondary N) is 1. The van der Waals surface area contributed by atoms with E-state index in [0.29, 0.717) is 6.54 Å². The van der Waals surface area contributed by atoms with Gasteiger partial charge >= 0.3 is 0 Å². The van der Waals surface area contributed by atoms with Gasteiger partial charge in [0.05, 0.1) is 13.7 Å². The van der Waals surface area contributed by atoms with Crippen LogP contribution in [0, 0.1) is 0 Å². The Balaban J connectivity index is 2.64. The van der Waals surface area contributed by atoms with Gasteiger partial charge in [-0.05, 0) is 31.1 Å². The first-order valence-electron chi connectivity index (χ1n) is 7.55. The van der Waals surface area contributed by atoms with Crippen molar-refractivity contribution in [1.82, 2.24) is 10.2 Å². The van der Waals surface area contributed by atoms with Crippen molar-refractivity contribution in [3.8, 4) is 5.75 Å². The number of ether oxygens (including phenoxy) is 1. The molecule has 1 rings (SSSR count). The first-order chi connectivity index (χ1) is 10.2. The molecule has 0 spiro atoms. The zero-order chi connectivity index (χ0) is 15.5. The van der Waals surface area contributed by atoms with Crippen molar-refractivity contribution < 1.29 is 14.9 Å². The van der Waals surface area contributed by atoms with Crippen LogP contribution in [0.25, 0.3) is 0 Å². The molecule has 0 heterocycles. The van der Waals surface area contributed by atoms with E-state index in [0.717, 1.165) is 43.9 Å². The largest absolute Gasteiger partial charge is 0.496 e. The molecule has 21 heavy (non-hydrogen) atoms. The highest BCUT2D eigenvalue weighted by atomic mass is 16.5. The Hall–Kier alpha value is -1.14. The average molecular weight is 296 g/mol. The van der Waals surface area contributed by atoms with Gasteiger partial charge in [-0.1, -0.05) is 19.1 Å². The summed E-state index contributed by atoms with van der Waals surface area (Å²) in [4.78, 5) is 2.19. The van der Waals surface area contributed by atoms with Crippen LogP contribution >= 0.6 is 0 Å². The summed E-state index contributed by atoms with van der Waals surface area (Å²) in [5.41, 5.74) is 2.30. The van der Waals surface area contributed by atoms with Crippen molar-refractivity contribution in [1.29, 1.82) is 0 Å². The maximum absolute atomic E-state index is 9.04. The average Bonchev–Trinajstić information content (AvgIpc) is 2.51. The summed E-state index contributed by atoms with van der Waals surface area (Å²) < 4.78 is 5.46. The summed E-state index contributed by atoms with van der Waals surface area (Å²) in [5.74, 6) is 0.879. The molecule has 1 aromatic rings. The van der Waals surface area contributed by atoms with E-state index in [4.69, 9.17) is 14.9 Å². The Bertz CT molecular complexity index is 399. The van der Waals surface area contributed by atoms with E-state index < -0.39 is 0 Å². The van der Waals surface area contributed by atoms with Gasteiger partial charge in [0.25, 0.3) is 0 Å². The third-order valence-corrected chi connectivity index (χ3v) is 3.45. The summed E-state index contributed by atoms with van der Waals surface area (Å²) in [5, 5.41) is 21.1. The molecule has 0 saturated heterocycles. The molecule has 0 aliphatic rings. The fraction of sp³-hybridized carbons (Fsp3) is 0.625. The summed E-state index contributed by atoms with van der Waals surface area (Å²) >= 11 is 0. The van der Waals surface area contributed by atoms with E-state index in [9.17, 15) is 0 Å². The van der Waals surface area contributed by atoms with Crippen LogP contribution in [0.4, 0.5) is 0 Å². The van der Waals surface area contributed by atoms with Crippen molar-refractivity contribution in [3.05, 3.63) is 29.3 Å². The van der Waals surface area contributed by atoms with E-state index in [-0.39, 0.29) is 13.2 Å². The molecule has 0 aliphatic heterocycles. The number of likely N-dealkylation sites (N-methyl/N-ethyl adjacent to an activating group) is 1. The number of hydrogen-bond donors (Lipinski definition) is 3. The van der Waals surface area contributed by atoms with Crippen molar-refractivity contribution >= 4 is 0 Å². The summed E-state index contributed by atoms with van der Waals surface area (Å²) in [6.45, 7) is 6.41. The monoisotopic (exact) mass is 296 g/mol. The highest BCUT2D eigenvalue weighted by Crippen LogP contribution is 2.21. The van der Waals surface area contributed by atoms with Gasteiger partial charge in [-0.3, -0.25) is 4.90 Å².